The average molecular weight is 379 g/mol. The molecule has 1 aromatic carbocycles. The molecule has 1 fully saturated rings. The Morgan fingerprint density at radius 3 is 3.04 bits per heavy atom. The van der Waals surface area contributed by atoms with E-state index in [-0.39, 0.29) is 12.0 Å². The number of ether oxygens (including phenoxy) is 1. The van der Waals surface area contributed by atoms with Gasteiger partial charge in [-0.1, -0.05) is 18.2 Å². The molecule has 0 spiro atoms. The molecule has 1 amide bonds. The number of hydrogen-bond acceptors (Lipinski definition) is 6. The summed E-state index contributed by atoms with van der Waals surface area (Å²) in [6.45, 7) is 5.74. The largest absolute Gasteiger partial charge is 0.376 e. The second-order valence-corrected chi connectivity index (χ2v) is 7.20. The van der Waals surface area contributed by atoms with Gasteiger partial charge in [-0.2, -0.15) is 0 Å². The Morgan fingerprint density at radius 2 is 2.21 bits per heavy atom. The van der Waals surface area contributed by atoms with Gasteiger partial charge in [-0.3, -0.25) is 4.79 Å². The molecule has 1 unspecified atom stereocenters. The van der Waals surface area contributed by atoms with Gasteiger partial charge in [0.1, 0.15) is 17.7 Å². The highest BCUT2D eigenvalue weighted by molar-refractivity contribution is 6.38. The molecule has 0 saturated carbocycles. The lowest BCUT2D eigenvalue weighted by Gasteiger charge is -2.20. The minimum absolute atomic E-state index is 0.107. The lowest BCUT2D eigenvalue weighted by molar-refractivity contribution is -0.115. The van der Waals surface area contributed by atoms with E-state index in [9.17, 15) is 4.79 Å². The van der Waals surface area contributed by atoms with Gasteiger partial charge in [0, 0.05) is 25.4 Å². The van der Waals surface area contributed by atoms with E-state index in [1.165, 1.54) is 5.56 Å². The maximum absolute atomic E-state index is 12.5. The first-order valence-electron chi connectivity index (χ1n) is 9.75. The SMILES string of the molecule is C/C(=N\c1c(C)ncnc1N1CCc2ccccc21)C(=O)NCC1CCCO1. The lowest BCUT2D eigenvalue weighted by Crippen LogP contribution is -2.35. The number of carbonyl (C=O) groups excluding carboxylic acids is 1. The number of nitrogens with zero attached hydrogens (tertiary/aromatic N) is 4. The number of benzene rings is 1. The third kappa shape index (κ3) is 3.75. The minimum Gasteiger partial charge on any atom is -0.376 e. The van der Waals surface area contributed by atoms with Gasteiger partial charge in [-0.05, 0) is 44.7 Å². The van der Waals surface area contributed by atoms with Crippen LogP contribution in [-0.4, -0.2) is 47.4 Å². The van der Waals surface area contributed by atoms with Crippen LogP contribution in [0.3, 0.4) is 0 Å². The molecule has 7 heteroatoms. The fourth-order valence-electron chi connectivity index (χ4n) is 3.70. The molecular weight excluding hydrogens is 354 g/mol. The minimum atomic E-state index is -0.188. The zero-order valence-corrected chi connectivity index (χ0v) is 16.3. The second kappa shape index (κ2) is 8.06. The number of aromatic nitrogens is 2. The van der Waals surface area contributed by atoms with E-state index in [1.807, 2.05) is 13.0 Å². The summed E-state index contributed by atoms with van der Waals surface area (Å²) in [5.41, 5.74) is 4.21. The van der Waals surface area contributed by atoms with Crippen molar-refractivity contribution in [2.45, 2.75) is 39.2 Å². The van der Waals surface area contributed by atoms with Gasteiger partial charge >= 0.3 is 0 Å². The van der Waals surface area contributed by atoms with Crippen molar-refractivity contribution in [2.24, 2.45) is 4.99 Å². The van der Waals surface area contributed by atoms with Crippen molar-refractivity contribution in [3.05, 3.63) is 41.9 Å². The van der Waals surface area contributed by atoms with Gasteiger partial charge in [-0.25, -0.2) is 15.0 Å². The molecule has 1 N–H and O–H groups in total. The number of hydrogen-bond donors (Lipinski definition) is 1. The predicted molar refractivity (Wildman–Crippen MR) is 109 cm³/mol. The summed E-state index contributed by atoms with van der Waals surface area (Å²) in [5, 5.41) is 2.92. The smallest absolute Gasteiger partial charge is 0.265 e. The quantitative estimate of drug-likeness (QED) is 0.808. The Morgan fingerprint density at radius 1 is 1.36 bits per heavy atom. The summed E-state index contributed by atoms with van der Waals surface area (Å²) in [5.74, 6) is 0.551. The Labute approximate surface area is 164 Å². The summed E-state index contributed by atoms with van der Waals surface area (Å²) < 4.78 is 5.56. The van der Waals surface area contributed by atoms with Crippen molar-refractivity contribution >= 4 is 28.8 Å². The molecule has 0 aliphatic carbocycles. The monoisotopic (exact) mass is 379 g/mol. The van der Waals surface area contributed by atoms with Crippen LogP contribution in [0, 0.1) is 6.92 Å². The van der Waals surface area contributed by atoms with Crippen molar-refractivity contribution in [3.8, 4) is 0 Å². The Balaban J connectivity index is 1.57. The van der Waals surface area contributed by atoms with Crippen molar-refractivity contribution < 1.29 is 9.53 Å². The van der Waals surface area contributed by atoms with Crippen LogP contribution < -0.4 is 10.2 Å². The molecule has 2 aliphatic heterocycles. The van der Waals surface area contributed by atoms with Crippen molar-refractivity contribution in [2.75, 3.05) is 24.6 Å². The van der Waals surface area contributed by atoms with Crippen LogP contribution in [-0.2, 0) is 16.0 Å². The Hall–Kier alpha value is -2.80. The molecule has 146 valence electrons. The van der Waals surface area contributed by atoms with Crippen molar-refractivity contribution in [3.63, 3.8) is 0 Å². The number of rotatable bonds is 5. The van der Waals surface area contributed by atoms with E-state index in [4.69, 9.17) is 4.74 Å². The molecule has 1 saturated heterocycles. The first-order chi connectivity index (χ1) is 13.6. The van der Waals surface area contributed by atoms with Crippen LogP contribution in [0.1, 0.15) is 31.0 Å². The normalized spacial score (nSPS) is 19.0. The summed E-state index contributed by atoms with van der Waals surface area (Å²) in [6, 6.07) is 8.30. The molecule has 0 radical (unpaired) electrons. The van der Waals surface area contributed by atoms with Crippen molar-refractivity contribution in [1.82, 2.24) is 15.3 Å². The molecule has 2 aromatic rings. The molecule has 0 bridgehead atoms. The average Bonchev–Trinajstić information content (AvgIpc) is 3.37. The van der Waals surface area contributed by atoms with Crippen LogP contribution in [0.2, 0.25) is 0 Å². The van der Waals surface area contributed by atoms with E-state index >= 15 is 0 Å². The van der Waals surface area contributed by atoms with Crippen LogP contribution in [0.25, 0.3) is 0 Å². The predicted octanol–water partition coefficient (Wildman–Crippen LogP) is 2.87. The summed E-state index contributed by atoms with van der Waals surface area (Å²) in [7, 11) is 0. The maximum atomic E-state index is 12.5. The Kier molecular flexibility index (Phi) is 5.34. The third-order valence-electron chi connectivity index (χ3n) is 5.25. The van der Waals surface area contributed by atoms with Gasteiger partial charge in [0.2, 0.25) is 0 Å². The molecule has 28 heavy (non-hydrogen) atoms. The van der Waals surface area contributed by atoms with Gasteiger partial charge in [0.05, 0.1) is 11.8 Å². The number of nitrogens with one attached hydrogen (secondary N) is 1. The van der Waals surface area contributed by atoms with Crippen LogP contribution in [0.15, 0.2) is 35.6 Å². The summed E-state index contributed by atoms with van der Waals surface area (Å²) in [4.78, 5) is 28.1. The number of fused-ring (bicyclic) bond motifs is 1. The number of carbonyl (C=O) groups is 1. The van der Waals surface area contributed by atoms with Crippen LogP contribution in [0.4, 0.5) is 17.2 Å². The van der Waals surface area contributed by atoms with E-state index < -0.39 is 0 Å². The van der Waals surface area contributed by atoms with Crippen LogP contribution in [0.5, 0.6) is 0 Å². The number of amides is 1. The lowest BCUT2D eigenvalue weighted by atomic mass is 10.2. The van der Waals surface area contributed by atoms with Crippen LogP contribution >= 0.6 is 0 Å². The highest BCUT2D eigenvalue weighted by Gasteiger charge is 2.25. The van der Waals surface area contributed by atoms with Gasteiger partial charge < -0.3 is 15.0 Å². The van der Waals surface area contributed by atoms with Gasteiger partial charge in [0.15, 0.2) is 5.82 Å². The van der Waals surface area contributed by atoms with Gasteiger partial charge in [-0.15, -0.1) is 0 Å². The first kappa shape index (κ1) is 18.6. The first-order valence-corrected chi connectivity index (χ1v) is 9.75. The fourth-order valence-corrected chi connectivity index (χ4v) is 3.70. The molecule has 2 aliphatic rings. The molecule has 1 atom stereocenters. The van der Waals surface area contributed by atoms with E-state index in [0.717, 1.165) is 49.6 Å². The maximum Gasteiger partial charge on any atom is 0.265 e. The topological polar surface area (TPSA) is 79.7 Å². The fraction of sp³-hybridized carbons (Fsp3) is 0.429. The number of anilines is 2. The number of aryl methyl sites for hydroxylation is 1. The zero-order chi connectivity index (χ0) is 19.5. The van der Waals surface area contributed by atoms with Gasteiger partial charge in [0.25, 0.3) is 5.91 Å². The molecule has 3 heterocycles. The standard InChI is InChI=1S/C21H25N5O2/c1-14-19(25-15(2)21(27)22-12-17-7-5-11-28-17)20(24-13-23-14)26-10-9-16-6-3-4-8-18(16)26/h3-4,6,8,13,17H,5,7,9-12H2,1-2H3,(H,22,27)/b25-15+. The summed E-state index contributed by atoms with van der Waals surface area (Å²) >= 11 is 0. The number of para-hydroxylation sites is 1. The molecular formula is C21H25N5O2. The summed E-state index contributed by atoms with van der Waals surface area (Å²) in [6.07, 6.45) is 4.66. The van der Waals surface area contributed by atoms with Crippen molar-refractivity contribution in [1.29, 1.82) is 0 Å². The van der Waals surface area contributed by atoms with E-state index in [1.54, 1.807) is 13.3 Å². The van der Waals surface area contributed by atoms with E-state index in [0.29, 0.717) is 17.9 Å². The molecule has 4 rings (SSSR count). The Bertz CT molecular complexity index is 905. The van der Waals surface area contributed by atoms with E-state index in [2.05, 4.69) is 43.4 Å². The highest BCUT2D eigenvalue weighted by Crippen LogP contribution is 2.38. The third-order valence-corrected chi connectivity index (χ3v) is 5.25. The second-order valence-electron chi connectivity index (χ2n) is 7.20. The highest BCUT2D eigenvalue weighted by atomic mass is 16.5. The number of aliphatic imine (C=N–C) groups is 1. The molecule has 1 aromatic heterocycles. The molecule has 7 nitrogen and oxygen atoms in total. The zero-order valence-electron chi connectivity index (χ0n) is 16.3.